The normalized spacial score (nSPS) is 22.7. The van der Waals surface area contributed by atoms with E-state index in [1.165, 1.54) is 0 Å². The van der Waals surface area contributed by atoms with E-state index in [0.29, 0.717) is 12.0 Å². The number of carbonyl (C=O) groups excluding carboxylic acids is 1. The molecule has 2 aliphatic rings. The Kier molecular flexibility index (Phi) is 2.86. The van der Waals surface area contributed by atoms with Crippen LogP contribution in [0.3, 0.4) is 0 Å². The molecule has 0 bridgehead atoms. The van der Waals surface area contributed by atoms with Crippen LogP contribution < -0.4 is 10.6 Å². The molecule has 2 N–H and O–H groups in total. The van der Waals surface area contributed by atoms with Crippen molar-refractivity contribution in [3.05, 3.63) is 33.8 Å². The summed E-state index contributed by atoms with van der Waals surface area (Å²) in [5.74, 6) is 0.554. The topological polar surface area (TPSA) is 53.5 Å². The fourth-order valence-electron chi connectivity index (χ4n) is 1.90. The summed E-state index contributed by atoms with van der Waals surface area (Å²) in [4.78, 5) is 16.3. The molecule has 1 amide bonds. The molecule has 1 fully saturated rings. The van der Waals surface area contributed by atoms with Crippen LogP contribution in [-0.2, 0) is 4.79 Å². The number of hydrogen-bond donors (Lipinski definition) is 2. The Hall–Kier alpha value is -1.36. The number of rotatable bonds is 2. The van der Waals surface area contributed by atoms with Gasteiger partial charge in [0.05, 0.1) is 0 Å². The summed E-state index contributed by atoms with van der Waals surface area (Å²) in [5, 5.41) is 6.01. The molecular weight excluding hydrogens is 294 g/mol. The lowest BCUT2D eigenvalue weighted by Crippen LogP contribution is -2.37. The Bertz CT molecular complexity index is 537. The van der Waals surface area contributed by atoms with Crippen molar-refractivity contribution in [2.75, 3.05) is 0 Å². The van der Waals surface area contributed by atoms with Gasteiger partial charge in [0.25, 0.3) is 5.91 Å². The van der Waals surface area contributed by atoms with Crippen LogP contribution in [0.1, 0.15) is 30.0 Å². The van der Waals surface area contributed by atoms with E-state index in [0.717, 1.165) is 28.4 Å². The molecule has 1 aliphatic carbocycles. The van der Waals surface area contributed by atoms with Crippen molar-refractivity contribution in [1.82, 2.24) is 10.6 Å². The van der Waals surface area contributed by atoms with E-state index < -0.39 is 6.04 Å². The van der Waals surface area contributed by atoms with Crippen LogP contribution in [0.25, 0.3) is 0 Å². The first-order valence-electron chi connectivity index (χ1n) is 6.05. The third kappa shape index (κ3) is 2.27. The number of carbonyl (C=O) groups is 1. The molecule has 1 aromatic carbocycles. The van der Waals surface area contributed by atoms with Crippen molar-refractivity contribution in [1.29, 1.82) is 0 Å². The number of benzene rings is 1. The lowest BCUT2D eigenvalue weighted by Gasteiger charge is -2.06. The van der Waals surface area contributed by atoms with Crippen LogP contribution in [-0.4, -0.2) is 17.9 Å². The second-order valence-electron chi connectivity index (χ2n) is 4.80. The third-order valence-corrected chi connectivity index (χ3v) is 4.03. The number of hydrogen-bond acceptors (Lipinski definition) is 3. The molecule has 1 saturated carbocycles. The molecule has 1 atom stereocenters. The summed E-state index contributed by atoms with van der Waals surface area (Å²) in [6, 6.07) is 5.97. The minimum Gasteiger partial charge on any atom is -0.353 e. The molecule has 1 aromatic rings. The summed E-state index contributed by atoms with van der Waals surface area (Å²) >= 11 is 3.48. The van der Waals surface area contributed by atoms with Gasteiger partial charge in [-0.3, -0.25) is 10.1 Å². The minimum atomic E-state index is -0.428. The number of amides is 1. The molecule has 4 nitrogen and oxygen atoms in total. The molecule has 0 aromatic heterocycles. The van der Waals surface area contributed by atoms with E-state index in [9.17, 15) is 4.79 Å². The van der Waals surface area contributed by atoms with Crippen LogP contribution in [0.2, 0.25) is 0 Å². The van der Waals surface area contributed by atoms with E-state index >= 15 is 0 Å². The van der Waals surface area contributed by atoms with Crippen LogP contribution in [0.5, 0.6) is 0 Å². The Morgan fingerprint density at radius 2 is 2.22 bits per heavy atom. The Labute approximate surface area is 114 Å². The molecule has 0 saturated heterocycles. The smallest absolute Gasteiger partial charge is 0.256 e. The molecule has 18 heavy (non-hydrogen) atoms. The number of aryl methyl sites for hydroxylation is 1. The zero-order valence-electron chi connectivity index (χ0n) is 10.0. The standard InChI is InChI=1S/C13H14BrN3O/c1-7-2-3-8(6-10(7)14)11-12(18)17-13(16-11)15-9-4-5-9/h2-3,6,9,11H,4-5H2,1H3,(H2,15,16,17,18). The zero-order chi connectivity index (χ0) is 12.7. The summed E-state index contributed by atoms with van der Waals surface area (Å²) < 4.78 is 1.01. The van der Waals surface area contributed by atoms with E-state index in [1.807, 2.05) is 25.1 Å². The summed E-state index contributed by atoms with van der Waals surface area (Å²) in [6.45, 7) is 2.02. The molecular formula is C13H14BrN3O. The average molecular weight is 308 g/mol. The maximum Gasteiger partial charge on any atom is 0.256 e. The van der Waals surface area contributed by atoms with Gasteiger partial charge >= 0.3 is 0 Å². The van der Waals surface area contributed by atoms with E-state index in [-0.39, 0.29) is 5.91 Å². The number of halogens is 1. The average Bonchev–Trinajstić information content (AvgIpc) is 3.06. The van der Waals surface area contributed by atoms with Crippen molar-refractivity contribution in [3.63, 3.8) is 0 Å². The first kappa shape index (κ1) is 11.7. The predicted octanol–water partition coefficient (Wildman–Crippen LogP) is 2.04. The third-order valence-electron chi connectivity index (χ3n) is 3.18. The molecule has 1 aliphatic heterocycles. The fourth-order valence-corrected chi connectivity index (χ4v) is 2.30. The Morgan fingerprint density at radius 3 is 2.89 bits per heavy atom. The SMILES string of the molecule is Cc1ccc(C2N=C(NC3CC3)NC2=O)cc1Br. The van der Waals surface area contributed by atoms with Gasteiger partial charge in [-0.2, -0.15) is 0 Å². The van der Waals surface area contributed by atoms with E-state index in [2.05, 4.69) is 31.6 Å². The van der Waals surface area contributed by atoms with Gasteiger partial charge in [-0.15, -0.1) is 0 Å². The second kappa shape index (κ2) is 4.39. The van der Waals surface area contributed by atoms with Crippen molar-refractivity contribution in [2.24, 2.45) is 4.99 Å². The molecule has 94 valence electrons. The van der Waals surface area contributed by atoms with Gasteiger partial charge in [0.2, 0.25) is 0 Å². The fraction of sp³-hybridized carbons (Fsp3) is 0.385. The van der Waals surface area contributed by atoms with Crippen molar-refractivity contribution >= 4 is 27.8 Å². The molecule has 1 heterocycles. The number of nitrogens with one attached hydrogen (secondary N) is 2. The first-order valence-corrected chi connectivity index (χ1v) is 6.84. The predicted molar refractivity (Wildman–Crippen MR) is 73.4 cm³/mol. The summed E-state index contributed by atoms with van der Waals surface area (Å²) in [5.41, 5.74) is 2.06. The highest BCUT2D eigenvalue weighted by molar-refractivity contribution is 9.10. The number of nitrogens with zero attached hydrogens (tertiary/aromatic N) is 1. The van der Waals surface area contributed by atoms with Crippen LogP contribution >= 0.6 is 15.9 Å². The molecule has 5 heteroatoms. The van der Waals surface area contributed by atoms with Gasteiger partial charge < -0.3 is 5.32 Å². The van der Waals surface area contributed by atoms with Crippen molar-refractivity contribution < 1.29 is 4.79 Å². The molecule has 3 rings (SSSR count). The molecule has 0 spiro atoms. The summed E-state index contributed by atoms with van der Waals surface area (Å²) in [7, 11) is 0. The van der Waals surface area contributed by atoms with E-state index in [4.69, 9.17) is 0 Å². The van der Waals surface area contributed by atoms with Gasteiger partial charge in [-0.05, 0) is 37.0 Å². The second-order valence-corrected chi connectivity index (χ2v) is 5.65. The lowest BCUT2D eigenvalue weighted by molar-refractivity contribution is -0.120. The van der Waals surface area contributed by atoms with Gasteiger partial charge in [0, 0.05) is 10.5 Å². The van der Waals surface area contributed by atoms with E-state index in [1.54, 1.807) is 0 Å². The number of guanidine groups is 1. The van der Waals surface area contributed by atoms with Crippen molar-refractivity contribution in [2.45, 2.75) is 31.8 Å². The van der Waals surface area contributed by atoms with Gasteiger partial charge in [-0.1, -0.05) is 28.1 Å². The first-order chi connectivity index (χ1) is 8.63. The van der Waals surface area contributed by atoms with Crippen LogP contribution in [0.4, 0.5) is 0 Å². The largest absolute Gasteiger partial charge is 0.353 e. The van der Waals surface area contributed by atoms with Crippen LogP contribution in [0.15, 0.2) is 27.7 Å². The minimum absolute atomic E-state index is 0.0612. The van der Waals surface area contributed by atoms with Gasteiger partial charge in [0.15, 0.2) is 12.0 Å². The highest BCUT2D eigenvalue weighted by Gasteiger charge is 2.31. The highest BCUT2D eigenvalue weighted by Crippen LogP contribution is 2.27. The molecule has 1 unspecified atom stereocenters. The highest BCUT2D eigenvalue weighted by atomic mass is 79.9. The van der Waals surface area contributed by atoms with Crippen molar-refractivity contribution in [3.8, 4) is 0 Å². The maximum absolute atomic E-state index is 11.9. The molecule has 0 radical (unpaired) electrons. The quantitative estimate of drug-likeness (QED) is 0.878. The Balaban J connectivity index is 1.83. The summed E-state index contributed by atoms with van der Waals surface area (Å²) in [6.07, 6.45) is 2.32. The lowest BCUT2D eigenvalue weighted by atomic mass is 10.1. The van der Waals surface area contributed by atoms with Gasteiger partial charge in [-0.25, -0.2) is 4.99 Å². The number of aliphatic imine (C=N–C) groups is 1. The van der Waals surface area contributed by atoms with Gasteiger partial charge in [0.1, 0.15) is 0 Å². The maximum atomic E-state index is 11.9. The zero-order valence-corrected chi connectivity index (χ0v) is 11.6. The Morgan fingerprint density at radius 1 is 1.44 bits per heavy atom. The monoisotopic (exact) mass is 307 g/mol. The van der Waals surface area contributed by atoms with Crippen LogP contribution in [0, 0.1) is 6.92 Å².